The maximum absolute atomic E-state index is 13.7. The number of ether oxygens (including phenoxy) is 1. The van der Waals surface area contributed by atoms with E-state index in [1.807, 2.05) is 42.5 Å². The molecule has 0 radical (unpaired) electrons. The maximum atomic E-state index is 13.7. The van der Waals surface area contributed by atoms with E-state index in [2.05, 4.69) is 0 Å². The number of esters is 1. The highest BCUT2D eigenvalue weighted by molar-refractivity contribution is 7.10. The van der Waals surface area contributed by atoms with Crippen LogP contribution in [0.5, 0.6) is 0 Å². The number of carbonyl (C=O) groups excluding carboxylic acids is 2. The van der Waals surface area contributed by atoms with Crippen molar-refractivity contribution in [1.29, 1.82) is 0 Å². The van der Waals surface area contributed by atoms with Crippen LogP contribution >= 0.6 is 11.3 Å². The minimum absolute atomic E-state index is 0.172. The lowest BCUT2D eigenvalue weighted by Crippen LogP contribution is -2.61. The number of benzene rings is 2. The lowest BCUT2D eigenvalue weighted by Gasteiger charge is -2.47. The van der Waals surface area contributed by atoms with Crippen molar-refractivity contribution < 1.29 is 19.4 Å². The SMILES string of the molecule is CCOC(=O)[C@]1(Cc2ccccc2)Cc2ccccc2C(=O)[C@]1(O)c1cccs1. The molecular weight excluding hydrogens is 384 g/mol. The van der Waals surface area contributed by atoms with Crippen LogP contribution in [0, 0.1) is 5.41 Å². The predicted octanol–water partition coefficient (Wildman–Crippen LogP) is 4.17. The van der Waals surface area contributed by atoms with Gasteiger partial charge in [-0.3, -0.25) is 9.59 Å². The first kappa shape index (κ1) is 19.6. The molecule has 5 heteroatoms. The first-order valence-electron chi connectivity index (χ1n) is 9.63. The van der Waals surface area contributed by atoms with Gasteiger partial charge in [0.1, 0.15) is 5.41 Å². The Morgan fingerprint density at radius 3 is 2.48 bits per heavy atom. The zero-order chi connectivity index (χ0) is 20.5. The van der Waals surface area contributed by atoms with Crippen molar-refractivity contribution in [2.45, 2.75) is 25.4 Å². The third-order valence-electron chi connectivity index (χ3n) is 5.67. The van der Waals surface area contributed by atoms with Crippen molar-refractivity contribution in [2.75, 3.05) is 6.61 Å². The van der Waals surface area contributed by atoms with E-state index in [0.29, 0.717) is 10.4 Å². The Morgan fingerprint density at radius 2 is 1.79 bits per heavy atom. The van der Waals surface area contributed by atoms with Crippen molar-refractivity contribution in [3.8, 4) is 0 Å². The standard InChI is InChI=1S/C24H22O4S/c1-2-28-22(26)23(15-17-9-4-3-5-10-17)16-18-11-6-7-12-19(18)21(25)24(23,27)20-13-8-14-29-20/h3-14,27H,2,15-16H2,1H3/t23-,24+/m0/s1. The van der Waals surface area contributed by atoms with E-state index in [9.17, 15) is 14.7 Å². The Labute approximate surface area is 173 Å². The molecule has 0 amide bonds. The molecule has 148 valence electrons. The Balaban J connectivity index is 1.99. The summed E-state index contributed by atoms with van der Waals surface area (Å²) in [5, 5.41) is 13.9. The number of ketones is 1. The summed E-state index contributed by atoms with van der Waals surface area (Å²) in [7, 11) is 0. The summed E-state index contributed by atoms with van der Waals surface area (Å²) in [6.07, 6.45) is 0.415. The number of Topliss-reactive ketones (excluding diaryl/α,β-unsaturated/α-hetero) is 1. The van der Waals surface area contributed by atoms with Crippen LogP contribution in [0.25, 0.3) is 0 Å². The fraction of sp³-hybridized carbons (Fsp3) is 0.250. The summed E-state index contributed by atoms with van der Waals surface area (Å²) in [6, 6.07) is 20.2. The molecule has 1 heterocycles. The van der Waals surface area contributed by atoms with Gasteiger partial charge in [0, 0.05) is 10.4 Å². The Morgan fingerprint density at radius 1 is 1.07 bits per heavy atom. The Kier molecular flexibility index (Phi) is 5.11. The summed E-state index contributed by atoms with van der Waals surface area (Å²) >= 11 is 1.28. The average molecular weight is 407 g/mol. The summed E-state index contributed by atoms with van der Waals surface area (Å²) in [6.45, 7) is 1.91. The van der Waals surface area contributed by atoms with Gasteiger partial charge in [0.25, 0.3) is 0 Å². The highest BCUT2D eigenvalue weighted by Gasteiger charge is 2.65. The van der Waals surface area contributed by atoms with Gasteiger partial charge in [-0.2, -0.15) is 0 Å². The van der Waals surface area contributed by atoms with Gasteiger partial charge in [0.05, 0.1) is 6.61 Å². The molecule has 0 saturated heterocycles. The van der Waals surface area contributed by atoms with Gasteiger partial charge >= 0.3 is 5.97 Å². The monoisotopic (exact) mass is 406 g/mol. The number of carbonyl (C=O) groups is 2. The molecule has 0 unspecified atom stereocenters. The van der Waals surface area contributed by atoms with Gasteiger partial charge in [0.2, 0.25) is 5.78 Å². The van der Waals surface area contributed by atoms with Crippen LogP contribution in [0.15, 0.2) is 72.1 Å². The fourth-order valence-corrected chi connectivity index (χ4v) is 5.21. The first-order chi connectivity index (χ1) is 14.0. The van der Waals surface area contributed by atoms with Crippen molar-refractivity contribution in [1.82, 2.24) is 0 Å². The minimum atomic E-state index is -2.00. The Hall–Kier alpha value is -2.76. The molecule has 29 heavy (non-hydrogen) atoms. The lowest BCUT2D eigenvalue weighted by atomic mass is 9.57. The molecule has 1 aliphatic carbocycles. The van der Waals surface area contributed by atoms with Gasteiger partial charge in [-0.25, -0.2) is 0 Å². The third kappa shape index (κ3) is 3.02. The molecule has 0 aliphatic heterocycles. The van der Waals surface area contributed by atoms with Gasteiger partial charge < -0.3 is 9.84 Å². The molecule has 1 aromatic heterocycles. The molecule has 1 N–H and O–H groups in total. The smallest absolute Gasteiger partial charge is 0.316 e. The van der Waals surface area contributed by atoms with Gasteiger partial charge in [-0.15, -0.1) is 11.3 Å². The van der Waals surface area contributed by atoms with Crippen molar-refractivity contribution in [2.24, 2.45) is 5.41 Å². The van der Waals surface area contributed by atoms with E-state index in [1.165, 1.54) is 11.3 Å². The molecule has 4 nitrogen and oxygen atoms in total. The van der Waals surface area contributed by atoms with Crippen LogP contribution in [0.2, 0.25) is 0 Å². The lowest BCUT2D eigenvalue weighted by molar-refractivity contribution is -0.172. The Bertz CT molecular complexity index is 1030. The quantitative estimate of drug-likeness (QED) is 0.646. The maximum Gasteiger partial charge on any atom is 0.316 e. The zero-order valence-corrected chi connectivity index (χ0v) is 16.9. The third-order valence-corrected chi connectivity index (χ3v) is 6.65. The van der Waals surface area contributed by atoms with E-state index in [4.69, 9.17) is 4.74 Å². The molecular formula is C24H22O4S. The number of rotatable bonds is 5. The number of hydrogen-bond acceptors (Lipinski definition) is 5. The molecule has 0 saturated carbocycles. The zero-order valence-electron chi connectivity index (χ0n) is 16.1. The second-order valence-corrected chi connectivity index (χ2v) is 8.26. The largest absolute Gasteiger partial charge is 0.465 e. The number of thiophene rings is 1. The van der Waals surface area contributed by atoms with Gasteiger partial charge in [0.15, 0.2) is 5.60 Å². The summed E-state index contributed by atoms with van der Waals surface area (Å²) in [4.78, 5) is 27.6. The minimum Gasteiger partial charge on any atom is -0.465 e. The van der Waals surface area contributed by atoms with E-state index < -0.39 is 22.8 Å². The fourth-order valence-electron chi connectivity index (χ4n) is 4.29. The molecule has 0 bridgehead atoms. The van der Waals surface area contributed by atoms with E-state index in [1.54, 1.807) is 36.6 Å². The van der Waals surface area contributed by atoms with Crippen molar-refractivity contribution >= 4 is 23.1 Å². The normalized spacial score (nSPS) is 23.4. The molecule has 0 fully saturated rings. The number of aliphatic hydroxyl groups is 1. The average Bonchev–Trinajstić information content (AvgIpc) is 3.28. The summed E-state index contributed by atoms with van der Waals surface area (Å²) in [5.74, 6) is -1.01. The van der Waals surface area contributed by atoms with E-state index >= 15 is 0 Å². The van der Waals surface area contributed by atoms with Crippen molar-refractivity contribution in [3.63, 3.8) is 0 Å². The molecule has 1 aliphatic rings. The number of hydrogen-bond donors (Lipinski definition) is 1. The van der Waals surface area contributed by atoms with Crippen LogP contribution in [-0.2, 0) is 28.0 Å². The van der Waals surface area contributed by atoms with Crippen LogP contribution < -0.4 is 0 Å². The highest BCUT2D eigenvalue weighted by Crippen LogP contribution is 2.52. The molecule has 3 aromatic rings. The molecule has 0 spiro atoms. The van der Waals surface area contributed by atoms with Crippen LogP contribution in [0.4, 0.5) is 0 Å². The molecule has 2 atom stereocenters. The van der Waals surface area contributed by atoms with Crippen LogP contribution in [0.3, 0.4) is 0 Å². The van der Waals surface area contributed by atoms with E-state index in [0.717, 1.165) is 11.1 Å². The summed E-state index contributed by atoms with van der Waals surface area (Å²) in [5.41, 5.74) is -1.39. The van der Waals surface area contributed by atoms with Gasteiger partial charge in [-0.1, -0.05) is 60.7 Å². The highest BCUT2D eigenvalue weighted by atomic mass is 32.1. The predicted molar refractivity (Wildman–Crippen MR) is 112 cm³/mol. The first-order valence-corrected chi connectivity index (χ1v) is 10.5. The van der Waals surface area contributed by atoms with Crippen molar-refractivity contribution in [3.05, 3.63) is 93.7 Å². The molecule has 4 rings (SSSR count). The topological polar surface area (TPSA) is 63.6 Å². The second kappa shape index (κ2) is 7.58. The molecule has 2 aromatic carbocycles. The van der Waals surface area contributed by atoms with Gasteiger partial charge in [-0.05, 0) is 42.3 Å². The van der Waals surface area contributed by atoms with E-state index in [-0.39, 0.29) is 19.4 Å². The second-order valence-electron chi connectivity index (χ2n) is 7.32. The van der Waals surface area contributed by atoms with Crippen LogP contribution in [0.1, 0.15) is 33.3 Å². The summed E-state index contributed by atoms with van der Waals surface area (Å²) < 4.78 is 5.47. The van der Waals surface area contributed by atoms with Crippen LogP contribution in [-0.4, -0.2) is 23.5 Å². The number of fused-ring (bicyclic) bond motifs is 1.